The van der Waals surface area contributed by atoms with Crippen LogP contribution in [0.5, 0.6) is 11.5 Å². The first-order chi connectivity index (χ1) is 17.5. The molecule has 0 radical (unpaired) electrons. The van der Waals surface area contributed by atoms with Gasteiger partial charge in [-0.25, -0.2) is 4.79 Å². The van der Waals surface area contributed by atoms with Crippen LogP contribution in [0.2, 0.25) is 5.02 Å². The number of hydrogen-bond acceptors (Lipinski definition) is 5. The number of amides is 2. The van der Waals surface area contributed by atoms with Gasteiger partial charge >= 0.3 is 6.09 Å². The molecule has 0 unspecified atom stereocenters. The monoisotopic (exact) mass is 508 g/mol. The lowest BCUT2D eigenvalue weighted by atomic mass is 9.84. The van der Waals surface area contributed by atoms with Crippen molar-refractivity contribution in [2.45, 2.75) is 25.0 Å². The van der Waals surface area contributed by atoms with E-state index >= 15 is 0 Å². The van der Waals surface area contributed by atoms with Crippen LogP contribution in [-0.2, 0) is 21.7 Å². The molecule has 0 bridgehead atoms. The largest absolute Gasteiger partial charge is 0.497 e. The molecular weight excluding hydrogens is 480 g/mol. The van der Waals surface area contributed by atoms with E-state index in [1.807, 2.05) is 54.6 Å². The predicted octanol–water partition coefficient (Wildman–Crippen LogP) is 5.17. The van der Waals surface area contributed by atoms with Gasteiger partial charge in [0.1, 0.15) is 17.1 Å². The molecular formula is C28H29ClN2O5. The summed E-state index contributed by atoms with van der Waals surface area (Å²) in [4.78, 5) is 27.3. The van der Waals surface area contributed by atoms with E-state index in [1.165, 1.54) is 0 Å². The molecule has 2 amide bonds. The number of nitrogens with one attached hydrogen (secondary N) is 1. The summed E-state index contributed by atoms with van der Waals surface area (Å²) in [5.41, 5.74) is 1.02. The minimum Gasteiger partial charge on any atom is -0.497 e. The zero-order valence-corrected chi connectivity index (χ0v) is 20.9. The second kappa shape index (κ2) is 11.8. The van der Waals surface area contributed by atoms with Crippen LogP contribution in [0, 0.1) is 0 Å². The van der Waals surface area contributed by atoms with E-state index in [2.05, 4.69) is 5.32 Å². The first kappa shape index (κ1) is 25.4. The summed E-state index contributed by atoms with van der Waals surface area (Å²) in [6.07, 6.45) is 0.472. The van der Waals surface area contributed by atoms with Crippen LogP contribution < -0.4 is 14.8 Å². The maximum Gasteiger partial charge on any atom is 0.408 e. The predicted molar refractivity (Wildman–Crippen MR) is 137 cm³/mol. The van der Waals surface area contributed by atoms with Gasteiger partial charge in [-0.1, -0.05) is 54.1 Å². The molecule has 4 rings (SSSR count). The Bertz CT molecular complexity index is 1140. The SMILES string of the molecule is COc1ccc(CNC(=O)OC2(c3ccccc3)CCN(C(=O)COc3ccc(Cl)cc3)CC2)cc1. The van der Waals surface area contributed by atoms with Gasteiger partial charge in [0.15, 0.2) is 6.61 Å². The molecule has 3 aromatic rings. The van der Waals surface area contributed by atoms with Crippen molar-refractivity contribution in [2.75, 3.05) is 26.8 Å². The molecule has 3 aromatic carbocycles. The summed E-state index contributed by atoms with van der Waals surface area (Å²) in [6, 6.07) is 24.0. The van der Waals surface area contributed by atoms with Crippen LogP contribution in [0.3, 0.4) is 0 Å². The standard InChI is InChI=1S/C28H29ClN2O5/c1-34-24-11-7-21(8-12-24)19-30-27(33)36-28(22-5-3-2-4-6-22)15-17-31(18-16-28)26(32)20-35-25-13-9-23(29)10-14-25/h2-14H,15-20H2,1H3,(H,30,33). The first-order valence-electron chi connectivity index (χ1n) is 11.8. The molecule has 1 aliphatic rings. The average molecular weight is 509 g/mol. The summed E-state index contributed by atoms with van der Waals surface area (Å²) >= 11 is 5.90. The normalized spacial score (nSPS) is 14.6. The van der Waals surface area contributed by atoms with Gasteiger partial charge in [0, 0.05) is 37.5 Å². The summed E-state index contributed by atoms with van der Waals surface area (Å²) in [5.74, 6) is 1.22. The molecule has 1 aliphatic heterocycles. The summed E-state index contributed by atoms with van der Waals surface area (Å²) in [5, 5.41) is 3.45. The second-order valence-electron chi connectivity index (χ2n) is 8.57. The number of hydrogen-bond donors (Lipinski definition) is 1. The van der Waals surface area contributed by atoms with Gasteiger partial charge in [-0.2, -0.15) is 0 Å². The highest BCUT2D eigenvalue weighted by Gasteiger charge is 2.41. The van der Waals surface area contributed by atoms with Crippen molar-refractivity contribution >= 4 is 23.6 Å². The maximum absolute atomic E-state index is 12.8. The van der Waals surface area contributed by atoms with Crippen LogP contribution in [-0.4, -0.2) is 43.7 Å². The number of alkyl carbamates (subject to hydrolysis) is 1. The van der Waals surface area contributed by atoms with Gasteiger partial charge in [0.25, 0.3) is 5.91 Å². The Balaban J connectivity index is 1.36. The quantitative estimate of drug-likeness (QED) is 0.454. The molecule has 36 heavy (non-hydrogen) atoms. The summed E-state index contributed by atoms with van der Waals surface area (Å²) in [6.45, 7) is 1.16. The summed E-state index contributed by atoms with van der Waals surface area (Å²) in [7, 11) is 1.61. The van der Waals surface area contributed by atoms with Crippen LogP contribution in [0.4, 0.5) is 4.79 Å². The minimum absolute atomic E-state index is 0.0663. The van der Waals surface area contributed by atoms with E-state index in [1.54, 1.807) is 36.3 Å². The van der Waals surface area contributed by atoms with Crippen LogP contribution >= 0.6 is 11.6 Å². The lowest BCUT2D eigenvalue weighted by Crippen LogP contribution is -2.49. The average Bonchev–Trinajstić information content (AvgIpc) is 2.92. The number of piperidine rings is 1. The number of benzene rings is 3. The molecule has 1 fully saturated rings. The van der Waals surface area contributed by atoms with Crippen molar-refractivity contribution in [2.24, 2.45) is 0 Å². The molecule has 1 N–H and O–H groups in total. The van der Waals surface area contributed by atoms with Gasteiger partial charge < -0.3 is 24.4 Å². The Morgan fingerprint density at radius 3 is 2.19 bits per heavy atom. The highest BCUT2D eigenvalue weighted by molar-refractivity contribution is 6.30. The minimum atomic E-state index is -0.820. The zero-order chi connectivity index (χ0) is 25.4. The second-order valence-corrected chi connectivity index (χ2v) is 9.01. The molecule has 0 saturated carbocycles. The number of rotatable bonds is 8. The molecule has 0 aliphatic carbocycles. The number of nitrogens with zero attached hydrogens (tertiary/aromatic N) is 1. The summed E-state index contributed by atoms with van der Waals surface area (Å²) < 4.78 is 16.8. The van der Waals surface area contributed by atoms with Crippen LogP contribution in [0.1, 0.15) is 24.0 Å². The Hall–Kier alpha value is -3.71. The van der Waals surface area contributed by atoms with Gasteiger partial charge in [0.2, 0.25) is 0 Å². The lowest BCUT2D eigenvalue weighted by Gasteiger charge is -2.41. The fourth-order valence-electron chi connectivity index (χ4n) is 4.21. The fraction of sp³-hybridized carbons (Fsp3) is 0.286. The Kier molecular flexibility index (Phi) is 8.33. The van der Waals surface area contributed by atoms with Crippen molar-refractivity contribution in [3.05, 3.63) is 95.0 Å². The van der Waals surface area contributed by atoms with E-state index in [-0.39, 0.29) is 12.5 Å². The van der Waals surface area contributed by atoms with Crippen LogP contribution in [0.25, 0.3) is 0 Å². The number of halogens is 1. The van der Waals surface area contributed by atoms with E-state index in [9.17, 15) is 9.59 Å². The van der Waals surface area contributed by atoms with E-state index in [0.29, 0.717) is 43.2 Å². The van der Waals surface area contributed by atoms with Crippen molar-refractivity contribution < 1.29 is 23.8 Å². The molecule has 188 valence electrons. The fourth-order valence-corrected chi connectivity index (χ4v) is 4.33. The lowest BCUT2D eigenvalue weighted by molar-refractivity contribution is -0.138. The Morgan fingerprint density at radius 2 is 1.56 bits per heavy atom. The Morgan fingerprint density at radius 1 is 0.917 bits per heavy atom. The van der Waals surface area contributed by atoms with Crippen molar-refractivity contribution in [3.8, 4) is 11.5 Å². The third-order valence-electron chi connectivity index (χ3n) is 6.28. The zero-order valence-electron chi connectivity index (χ0n) is 20.1. The van der Waals surface area contributed by atoms with Gasteiger partial charge in [0.05, 0.1) is 7.11 Å². The van der Waals surface area contributed by atoms with Gasteiger partial charge in [-0.3, -0.25) is 4.79 Å². The third kappa shape index (κ3) is 6.49. The Labute approximate surface area is 215 Å². The van der Waals surface area contributed by atoms with Crippen molar-refractivity contribution in [3.63, 3.8) is 0 Å². The van der Waals surface area contributed by atoms with E-state index in [4.69, 9.17) is 25.8 Å². The number of likely N-dealkylation sites (tertiary alicyclic amines) is 1. The van der Waals surface area contributed by atoms with Gasteiger partial charge in [-0.15, -0.1) is 0 Å². The highest BCUT2D eigenvalue weighted by atomic mass is 35.5. The van der Waals surface area contributed by atoms with E-state index in [0.717, 1.165) is 16.9 Å². The van der Waals surface area contributed by atoms with Gasteiger partial charge in [-0.05, 0) is 47.5 Å². The van der Waals surface area contributed by atoms with Crippen molar-refractivity contribution in [1.29, 1.82) is 0 Å². The molecule has 8 heteroatoms. The van der Waals surface area contributed by atoms with Crippen molar-refractivity contribution in [1.82, 2.24) is 10.2 Å². The number of ether oxygens (including phenoxy) is 3. The maximum atomic E-state index is 12.8. The third-order valence-corrected chi connectivity index (χ3v) is 6.54. The van der Waals surface area contributed by atoms with E-state index < -0.39 is 11.7 Å². The highest BCUT2D eigenvalue weighted by Crippen LogP contribution is 2.37. The molecule has 0 aromatic heterocycles. The molecule has 0 atom stereocenters. The molecule has 1 heterocycles. The smallest absolute Gasteiger partial charge is 0.408 e. The molecule has 0 spiro atoms. The number of carbonyl (C=O) groups is 2. The van der Waals surface area contributed by atoms with Crippen LogP contribution in [0.15, 0.2) is 78.9 Å². The number of carbonyl (C=O) groups excluding carboxylic acids is 2. The topological polar surface area (TPSA) is 77.1 Å². The molecule has 1 saturated heterocycles. The number of methoxy groups -OCH3 is 1. The molecule has 7 nitrogen and oxygen atoms in total. The first-order valence-corrected chi connectivity index (χ1v) is 12.2.